The Balaban J connectivity index is 0.909. The Morgan fingerprint density at radius 3 is 1.81 bits per heavy atom. The number of benzene rings is 17. The lowest BCUT2D eigenvalue weighted by Crippen LogP contribution is -2.44. The average molecular weight is 1450 g/mol. The van der Waals surface area contributed by atoms with Crippen LogP contribution in [0.25, 0.3) is 165 Å². The van der Waals surface area contributed by atoms with Crippen molar-refractivity contribution in [3.8, 4) is 55.8 Å². The Labute approximate surface area is 653 Å². The van der Waals surface area contributed by atoms with Crippen molar-refractivity contribution in [3.05, 3.63) is 398 Å². The number of aromatic nitrogens is 1. The number of hydrogen-bond donors (Lipinski definition) is 0. The first-order valence-electron chi connectivity index (χ1n) is 39.0. The summed E-state index contributed by atoms with van der Waals surface area (Å²) in [5, 5.41) is 17.2. The van der Waals surface area contributed by atoms with Gasteiger partial charge in [-0.15, -0.1) is 0 Å². The lowest BCUT2D eigenvalue weighted by molar-refractivity contribution is 0.670. The number of nitrogens with zero attached hydrogens (tertiary/aromatic N) is 4. The van der Waals surface area contributed by atoms with E-state index in [4.69, 9.17) is 13.8 Å². The van der Waals surface area contributed by atoms with Crippen molar-refractivity contribution in [2.24, 2.45) is 0 Å². The van der Waals surface area contributed by atoms with Gasteiger partial charge in [0.2, 0.25) is 0 Å². The van der Waals surface area contributed by atoms with Gasteiger partial charge in [0.25, 0.3) is 0 Å². The number of hydrogen-bond acceptors (Lipinski definition) is 6. The fourth-order valence-corrected chi connectivity index (χ4v) is 18.1. The van der Waals surface area contributed by atoms with Gasteiger partial charge in [-0.1, -0.05) is 305 Å². The molecule has 1 aliphatic heterocycles. The first kappa shape index (κ1) is 65.5. The molecule has 20 aromatic rings. The van der Waals surface area contributed by atoms with E-state index in [2.05, 4.69) is 417 Å². The second-order valence-corrected chi connectivity index (χ2v) is 30.2. The van der Waals surface area contributed by atoms with Crippen LogP contribution in [0.2, 0.25) is 0 Å². The van der Waals surface area contributed by atoms with Gasteiger partial charge in [0.05, 0.1) is 45.6 Å². The molecule has 17 aromatic carbocycles. The molecule has 1 aliphatic carbocycles. The SMILES string of the molecule is CC(C)c1cccc(-c2cc3cc(N(c4ccccc4)c4cc5ccccc5c5c(-c6ccccc6)cccc45)c4cc(N5C=c6ccccc6=C6C=CC=CC65)c5c6cc(-c7cccc(-c8ccccc8)c7)ccc6oc5c4c3c3c2oc2cc(N(c4cccc(-c5ccccc5)n4)c4cccc5ccccc45)ccc23)c1. The highest BCUT2D eigenvalue weighted by Gasteiger charge is 2.33. The van der Waals surface area contributed by atoms with E-state index in [0.29, 0.717) is 0 Å². The smallest absolute Gasteiger partial charge is 0.146 e. The summed E-state index contributed by atoms with van der Waals surface area (Å²) in [6, 6.07) is 130. The number of fused-ring (bicyclic) bond motifs is 17. The zero-order valence-electron chi connectivity index (χ0n) is 62.2. The Morgan fingerprint density at radius 1 is 0.345 bits per heavy atom. The standard InChI is InChI=1S/C107H72N4O2/c1-67(2)72-38-23-41-76(58-72)89-61-79-63-96(110(80-42-13-6-14-43-80)95-62-77-35-16-20-46-85(77)102-84(48-26-49-87(95)102)70-30-9-4-10-31-70)90-65-97(109-66-78-36-17-18-44-82(78)86-47-21-22-51-93(86)109)103-91-60-75(74-40-24-39-73(59-74)68-28-7-3-8-29-68)54-57-98(91)112-107(103)105(90)101(79)104-88-56-55-81(64-99(88)113-106(89)104)111(94-52-25-37-69-32-15-19-45-83(69)94)100-53-27-50-92(108-100)71-33-11-5-12-34-71/h3-67,93H,1-2H3. The molecular formula is C107H72N4O2. The number of anilines is 7. The molecule has 0 bridgehead atoms. The highest BCUT2D eigenvalue weighted by molar-refractivity contribution is 6.38. The van der Waals surface area contributed by atoms with Crippen LogP contribution in [0.5, 0.6) is 0 Å². The number of pyridine rings is 1. The predicted molar refractivity (Wildman–Crippen MR) is 475 cm³/mol. The Hall–Kier alpha value is -14.6. The quantitative estimate of drug-likeness (QED) is 0.107. The van der Waals surface area contributed by atoms with Crippen LogP contribution in [0.4, 0.5) is 39.9 Å². The van der Waals surface area contributed by atoms with E-state index in [9.17, 15) is 0 Å². The van der Waals surface area contributed by atoms with Crippen LogP contribution >= 0.6 is 0 Å². The van der Waals surface area contributed by atoms with E-state index in [1.807, 2.05) is 0 Å². The normalized spacial score (nSPS) is 13.4. The number of rotatable bonds is 13. The van der Waals surface area contributed by atoms with E-state index in [1.165, 1.54) is 38.3 Å². The van der Waals surface area contributed by atoms with E-state index < -0.39 is 0 Å². The fourth-order valence-electron chi connectivity index (χ4n) is 18.1. The Bertz CT molecular complexity index is 7480. The Morgan fingerprint density at radius 2 is 0.982 bits per heavy atom. The minimum absolute atomic E-state index is 0.173. The second kappa shape index (κ2) is 26.6. The molecule has 0 saturated carbocycles. The average Bonchev–Trinajstić information content (AvgIpc) is 1.60. The van der Waals surface area contributed by atoms with Crippen LogP contribution in [0.3, 0.4) is 0 Å². The van der Waals surface area contributed by atoms with Crippen molar-refractivity contribution in [2.75, 3.05) is 14.7 Å². The van der Waals surface area contributed by atoms with Crippen molar-refractivity contribution >= 4 is 149 Å². The highest BCUT2D eigenvalue weighted by Crippen LogP contribution is 2.56. The molecule has 22 rings (SSSR count). The number of allylic oxidation sites excluding steroid dienone is 2. The molecule has 0 radical (unpaired) electrons. The van der Waals surface area contributed by atoms with Gasteiger partial charge >= 0.3 is 0 Å². The maximum Gasteiger partial charge on any atom is 0.146 e. The largest absolute Gasteiger partial charge is 0.455 e. The molecule has 4 heterocycles. The topological polar surface area (TPSA) is 48.9 Å². The van der Waals surface area contributed by atoms with E-state index >= 15 is 0 Å². The molecule has 2 aliphatic rings. The fraction of sp³-hybridized carbons (Fsp3) is 0.0374. The van der Waals surface area contributed by atoms with Crippen LogP contribution in [0.1, 0.15) is 25.3 Å². The van der Waals surface area contributed by atoms with Crippen molar-refractivity contribution in [1.82, 2.24) is 4.98 Å². The number of furan rings is 2. The summed E-state index contributed by atoms with van der Waals surface area (Å²) in [7, 11) is 0. The summed E-state index contributed by atoms with van der Waals surface area (Å²) in [6.45, 7) is 4.55. The Kier molecular flexibility index (Phi) is 15.4. The highest BCUT2D eigenvalue weighted by atomic mass is 16.3. The third kappa shape index (κ3) is 10.9. The zero-order chi connectivity index (χ0) is 74.8. The first-order valence-corrected chi connectivity index (χ1v) is 39.0. The molecule has 113 heavy (non-hydrogen) atoms. The summed E-state index contributed by atoms with van der Waals surface area (Å²) >= 11 is 0. The second-order valence-electron chi connectivity index (χ2n) is 30.2. The van der Waals surface area contributed by atoms with Crippen LogP contribution in [-0.4, -0.2) is 11.0 Å². The van der Waals surface area contributed by atoms with Crippen LogP contribution < -0.4 is 25.1 Å². The molecule has 6 nitrogen and oxygen atoms in total. The molecule has 1 unspecified atom stereocenters. The van der Waals surface area contributed by atoms with Gasteiger partial charge in [-0.2, -0.15) is 0 Å². The minimum atomic E-state index is -0.173. The molecule has 1 atom stereocenters. The molecule has 0 amide bonds. The lowest BCUT2D eigenvalue weighted by Gasteiger charge is -2.35. The third-order valence-electron chi connectivity index (χ3n) is 23.3. The van der Waals surface area contributed by atoms with Gasteiger partial charge in [0, 0.05) is 72.2 Å². The summed E-state index contributed by atoms with van der Waals surface area (Å²) in [5.74, 6) is 1.04. The molecule has 3 aromatic heterocycles. The van der Waals surface area contributed by atoms with Crippen molar-refractivity contribution in [1.29, 1.82) is 0 Å². The molecule has 0 N–H and O–H groups in total. The van der Waals surface area contributed by atoms with Gasteiger partial charge in [-0.05, 0) is 178 Å². The maximum absolute atomic E-state index is 8.01. The zero-order valence-corrected chi connectivity index (χ0v) is 62.2. The van der Waals surface area contributed by atoms with E-state index in [0.717, 1.165) is 177 Å². The van der Waals surface area contributed by atoms with Gasteiger partial charge in [-0.25, -0.2) is 4.98 Å². The van der Waals surface area contributed by atoms with Gasteiger partial charge < -0.3 is 18.6 Å². The molecule has 532 valence electrons. The molecule has 0 spiro atoms. The van der Waals surface area contributed by atoms with Gasteiger partial charge in [0.15, 0.2) is 0 Å². The van der Waals surface area contributed by atoms with Crippen LogP contribution in [0, 0.1) is 0 Å². The number of para-hydroxylation sites is 1. The van der Waals surface area contributed by atoms with Gasteiger partial charge in [0.1, 0.15) is 28.1 Å². The van der Waals surface area contributed by atoms with Gasteiger partial charge in [-0.3, -0.25) is 4.90 Å². The molecule has 6 heteroatoms. The molecular weight excluding hydrogens is 1370 g/mol. The monoisotopic (exact) mass is 1440 g/mol. The summed E-state index contributed by atoms with van der Waals surface area (Å²) in [4.78, 5) is 12.9. The molecule has 0 saturated heterocycles. The van der Waals surface area contributed by atoms with E-state index in [-0.39, 0.29) is 12.0 Å². The van der Waals surface area contributed by atoms with Crippen molar-refractivity contribution in [3.63, 3.8) is 0 Å². The van der Waals surface area contributed by atoms with Crippen LogP contribution in [-0.2, 0) is 0 Å². The molecule has 0 fully saturated rings. The maximum atomic E-state index is 8.01. The summed E-state index contributed by atoms with van der Waals surface area (Å²) in [6.07, 6.45) is 11.4. The van der Waals surface area contributed by atoms with Crippen molar-refractivity contribution < 1.29 is 8.83 Å². The summed E-state index contributed by atoms with van der Waals surface area (Å²) in [5.41, 5.74) is 22.3. The van der Waals surface area contributed by atoms with Crippen LogP contribution in [0.15, 0.2) is 391 Å². The lowest BCUT2D eigenvalue weighted by atomic mass is 9.88. The predicted octanol–water partition coefficient (Wildman–Crippen LogP) is 27.9. The first-order chi connectivity index (χ1) is 55.9. The van der Waals surface area contributed by atoms with Crippen molar-refractivity contribution in [2.45, 2.75) is 25.8 Å². The third-order valence-corrected chi connectivity index (χ3v) is 23.3. The van der Waals surface area contributed by atoms with E-state index in [1.54, 1.807) is 0 Å². The summed E-state index contributed by atoms with van der Waals surface area (Å²) < 4.78 is 15.9. The minimum Gasteiger partial charge on any atom is -0.455 e.